The minimum absolute atomic E-state index is 0.753. The highest BCUT2D eigenvalue weighted by molar-refractivity contribution is 5.45. The number of nitrogens with zero attached hydrogens (tertiary/aromatic N) is 3. The molecule has 0 aliphatic carbocycles. The third-order valence-corrected chi connectivity index (χ3v) is 2.68. The Labute approximate surface area is 94.9 Å². The van der Waals surface area contributed by atoms with Gasteiger partial charge in [0.25, 0.3) is 0 Å². The molecule has 0 fully saturated rings. The Kier molecular flexibility index (Phi) is 2.94. The second kappa shape index (κ2) is 4.38. The second-order valence-electron chi connectivity index (χ2n) is 3.91. The topological polar surface area (TPSA) is 58.5 Å². The number of aromatic nitrogens is 4. The highest BCUT2D eigenvalue weighted by Gasteiger charge is 2.06. The number of hydrogen-bond donors (Lipinski definition) is 2. The molecule has 2 aromatic rings. The van der Waals surface area contributed by atoms with Gasteiger partial charge in [0.2, 0.25) is 0 Å². The van der Waals surface area contributed by atoms with Crippen molar-refractivity contribution >= 4 is 5.82 Å². The van der Waals surface area contributed by atoms with Crippen LogP contribution in [-0.4, -0.2) is 20.0 Å². The predicted molar refractivity (Wildman–Crippen MR) is 63.2 cm³/mol. The zero-order valence-corrected chi connectivity index (χ0v) is 9.91. The van der Waals surface area contributed by atoms with E-state index < -0.39 is 0 Å². The summed E-state index contributed by atoms with van der Waals surface area (Å²) in [6, 6.07) is 0. The molecule has 2 N–H and O–H groups in total. The van der Waals surface area contributed by atoms with Crippen LogP contribution in [0.1, 0.15) is 23.7 Å². The third-order valence-electron chi connectivity index (χ3n) is 2.68. The van der Waals surface area contributed by atoms with Gasteiger partial charge in [0, 0.05) is 36.6 Å². The molecule has 0 amide bonds. The number of rotatable bonds is 4. The Balaban J connectivity index is 2.02. The molecular weight excluding hydrogens is 202 g/mol. The largest absolute Gasteiger partial charge is 0.364 e. The lowest BCUT2D eigenvalue weighted by atomic mass is 10.2. The molecule has 86 valence electrons. The van der Waals surface area contributed by atoms with Gasteiger partial charge in [-0.2, -0.15) is 10.2 Å². The maximum atomic E-state index is 4.25. The van der Waals surface area contributed by atoms with E-state index in [1.807, 2.05) is 19.4 Å². The molecule has 0 saturated heterocycles. The summed E-state index contributed by atoms with van der Waals surface area (Å²) in [6.45, 7) is 4.95. The fourth-order valence-corrected chi connectivity index (χ4v) is 1.70. The van der Waals surface area contributed by atoms with Crippen LogP contribution in [0.4, 0.5) is 5.82 Å². The average molecular weight is 219 g/mol. The van der Waals surface area contributed by atoms with Crippen LogP contribution in [0.15, 0.2) is 12.4 Å². The Morgan fingerprint density at radius 2 is 2.31 bits per heavy atom. The SMILES string of the molecule is CCc1[nH]nc(NCc2cnn(C)c2)c1C. The van der Waals surface area contributed by atoms with Crippen molar-refractivity contribution in [3.8, 4) is 0 Å². The lowest BCUT2D eigenvalue weighted by molar-refractivity contribution is 0.767. The smallest absolute Gasteiger partial charge is 0.151 e. The first-order valence-corrected chi connectivity index (χ1v) is 5.46. The van der Waals surface area contributed by atoms with E-state index in [0.29, 0.717) is 0 Å². The molecule has 5 nitrogen and oxygen atoms in total. The van der Waals surface area contributed by atoms with Crippen molar-refractivity contribution in [2.75, 3.05) is 5.32 Å². The fourth-order valence-electron chi connectivity index (χ4n) is 1.70. The highest BCUT2D eigenvalue weighted by atomic mass is 15.2. The Morgan fingerprint density at radius 1 is 1.50 bits per heavy atom. The molecule has 16 heavy (non-hydrogen) atoms. The number of aryl methyl sites for hydroxylation is 2. The Hall–Kier alpha value is -1.78. The minimum Gasteiger partial charge on any atom is -0.364 e. The maximum absolute atomic E-state index is 4.25. The molecule has 5 heteroatoms. The van der Waals surface area contributed by atoms with Crippen LogP contribution in [0.3, 0.4) is 0 Å². The highest BCUT2D eigenvalue weighted by Crippen LogP contribution is 2.16. The van der Waals surface area contributed by atoms with Gasteiger partial charge in [0.1, 0.15) is 0 Å². The molecule has 0 unspecified atom stereocenters. The van der Waals surface area contributed by atoms with Crippen LogP contribution >= 0.6 is 0 Å². The zero-order valence-electron chi connectivity index (χ0n) is 9.91. The van der Waals surface area contributed by atoms with Gasteiger partial charge in [-0.15, -0.1) is 0 Å². The molecule has 0 radical (unpaired) electrons. The van der Waals surface area contributed by atoms with Crippen molar-refractivity contribution in [3.05, 3.63) is 29.2 Å². The summed E-state index contributed by atoms with van der Waals surface area (Å²) in [5, 5.41) is 14.7. The first kappa shape index (κ1) is 10.7. The molecule has 2 aromatic heterocycles. The first-order chi connectivity index (χ1) is 7.70. The molecular formula is C11H17N5. The van der Waals surface area contributed by atoms with Crippen LogP contribution in [0, 0.1) is 6.92 Å². The minimum atomic E-state index is 0.753. The van der Waals surface area contributed by atoms with Crippen LogP contribution in [-0.2, 0) is 20.0 Å². The van der Waals surface area contributed by atoms with Crippen molar-refractivity contribution in [1.82, 2.24) is 20.0 Å². The molecule has 2 heterocycles. The van der Waals surface area contributed by atoms with Gasteiger partial charge >= 0.3 is 0 Å². The normalized spacial score (nSPS) is 10.7. The summed E-state index contributed by atoms with van der Waals surface area (Å²) < 4.78 is 1.80. The van der Waals surface area contributed by atoms with E-state index in [4.69, 9.17) is 0 Å². The molecule has 0 saturated carbocycles. The summed E-state index contributed by atoms with van der Waals surface area (Å²) in [6.07, 6.45) is 4.83. The molecule has 0 spiro atoms. The maximum Gasteiger partial charge on any atom is 0.151 e. The average Bonchev–Trinajstić information content (AvgIpc) is 2.83. The number of nitrogens with one attached hydrogen (secondary N) is 2. The third kappa shape index (κ3) is 2.08. The first-order valence-electron chi connectivity index (χ1n) is 5.46. The molecule has 0 bridgehead atoms. The van der Waals surface area contributed by atoms with Gasteiger partial charge in [0.05, 0.1) is 6.20 Å². The molecule has 0 aromatic carbocycles. The summed E-state index contributed by atoms with van der Waals surface area (Å²) in [5.74, 6) is 0.931. The lowest BCUT2D eigenvalue weighted by Crippen LogP contribution is -2.00. The summed E-state index contributed by atoms with van der Waals surface area (Å²) >= 11 is 0. The Bertz CT molecular complexity index is 468. The fraction of sp³-hybridized carbons (Fsp3) is 0.455. The van der Waals surface area contributed by atoms with E-state index in [1.165, 1.54) is 11.3 Å². The summed E-state index contributed by atoms with van der Waals surface area (Å²) in [7, 11) is 1.92. The predicted octanol–water partition coefficient (Wildman–Crippen LogP) is 1.63. The van der Waals surface area contributed by atoms with Crippen LogP contribution < -0.4 is 5.32 Å². The van der Waals surface area contributed by atoms with Crippen LogP contribution in [0.2, 0.25) is 0 Å². The molecule has 2 rings (SSSR count). The number of hydrogen-bond acceptors (Lipinski definition) is 3. The number of anilines is 1. The Morgan fingerprint density at radius 3 is 2.88 bits per heavy atom. The van der Waals surface area contributed by atoms with Gasteiger partial charge in [-0.1, -0.05) is 6.92 Å². The van der Waals surface area contributed by atoms with Crippen LogP contribution in [0.25, 0.3) is 0 Å². The van der Waals surface area contributed by atoms with E-state index in [-0.39, 0.29) is 0 Å². The van der Waals surface area contributed by atoms with Crippen LogP contribution in [0.5, 0.6) is 0 Å². The van der Waals surface area contributed by atoms with Gasteiger partial charge in [-0.3, -0.25) is 9.78 Å². The van der Waals surface area contributed by atoms with Crippen molar-refractivity contribution in [2.45, 2.75) is 26.8 Å². The van der Waals surface area contributed by atoms with Gasteiger partial charge in [0.15, 0.2) is 5.82 Å². The standard InChI is InChI=1S/C11H17N5/c1-4-10-8(2)11(15-14-10)12-5-9-6-13-16(3)7-9/h6-7H,4-5H2,1-3H3,(H2,12,14,15). The van der Waals surface area contributed by atoms with Gasteiger partial charge in [-0.25, -0.2) is 0 Å². The van der Waals surface area contributed by atoms with E-state index in [9.17, 15) is 0 Å². The van der Waals surface area contributed by atoms with Crippen molar-refractivity contribution in [1.29, 1.82) is 0 Å². The van der Waals surface area contributed by atoms with Crippen molar-refractivity contribution < 1.29 is 0 Å². The summed E-state index contributed by atoms with van der Waals surface area (Å²) in [5.41, 5.74) is 3.54. The number of H-pyrrole nitrogens is 1. The molecule has 0 aliphatic heterocycles. The van der Waals surface area contributed by atoms with Crippen molar-refractivity contribution in [3.63, 3.8) is 0 Å². The van der Waals surface area contributed by atoms with E-state index in [0.717, 1.165) is 24.3 Å². The lowest BCUT2D eigenvalue weighted by Gasteiger charge is -2.01. The quantitative estimate of drug-likeness (QED) is 0.821. The second-order valence-corrected chi connectivity index (χ2v) is 3.91. The summed E-state index contributed by atoms with van der Waals surface area (Å²) in [4.78, 5) is 0. The van der Waals surface area contributed by atoms with Crippen molar-refractivity contribution in [2.24, 2.45) is 7.05 Å². The monoisotopic (exact) mass is 219 g/mol. The van der Waals surface area contributed by atoms with E-state index in [2.05, 4.69) is 34.5 Å². The van der Waals surface area contributed by atoms with E-state index in [1.54, 1.807) is 4.68 Å². The van der Waals surface area contributed by atoms with Gasteiger partial charge < -0.3 is 5.32 Å². The molecule has 0 aliphatic rings. The molecule has 0 atom stereocenters. The van der Waals surface area contributed by atoms with Gasteiger partial charge in [-0.05, 0) is 13.3 Å². The zero-order chi connectivity index (χ0) is 11.5. The number of aromatic amines is 1. The van der Waals surface area contributed by atoms with E-state index >= 15 is 0 Å².